The molecule has 1 heterocycles. The van der Waals surface area contributed by atoms with E-state index in [1.807, 2.05) is 37.6 Å². The number of aromatic nitrogens is 2. The first-order valence-electron chi connectivity index (χ1n) is 6.73. The lowest BCUT2D eigenvalue weighted by molar-refractivity contribution is 0.289. The molecule has 2 rings (SSSR count). The van der Waals surface area contributed by atoms with E-state index in [1.54, 1.807) is 6.07 Å². The lowest BCUT2D eigenvalue weighted by Gasteiger charge is -2.12. The number of ether oxygens (including phenoxy) is 1. The molecule has 5 nitrogen and oxygen atoms in total. The predicted molar refractivity (Wildman–Crippen MR) is 86.9 cm³/mol. The summed E-state index contributed by atoms with van der Waals surface area (Å²) in [5, 5.41) is 11.9. The largest absolute Gasteiger partial charge is 0.487 e. The molecule has 0 saturated carbocycles. The van der Waals surface area contributed by atoms with Crippen molar-refractivity contribution >= 4 is 21.8 Å². The van der Waals surface area contributed by atoms with Gasteiger partial charge in [-0.05, 0) is 48.3 Å². The molecule has 0 aliphatic rings. The van der Waals surface area contributed by atoms with Gasteiger partial charge in [-0.25, -0.2) is 0 Å². The molecule has 21 heavy (non-hydrogen) atoms. The minimum Gasteiger partial charge on any atom is -0.487 e. The number of halogens is 1. The smallest absolute Gasteiger partial charge is 0.131 e. The van der Waals surface area contributed by atoms with Crippen molar-refractivity contribution in [2.75, 3.05) is 0 Å². The summed E-state index contributed by atoms with van der Waals surface area (Å²) < 4.78 is 8.80. The summed E-state index contributed by atoms with van der Waals surface area (Å²) >= 11 is 3.55. The zero-order chi connectivity index (χ0) is 15.6. The molecule has 0 spiro atoms. The highest BCUT2D eigenvalue weighted by molar-refractivity contribution is 9.10. The molecule has 0 fully saturated rings. The fraction of sp³-hybridized carbons (Fsp3) is 0.333. The average molecular weight is 351 g/mol. The van der Waals surface area contributed by atoms with Crippen LogP contribution in [0, 0.1) is 19.3 Å². The van der Waals surface area contributed by atoms with E-state index in [0.29, 0.717) is 12.2 Å². The second-order valence-corrected chi connectivity index (χ2v) is 5.64. The Hall–Kier alpha value is -1.82. The lowest BCUT2D eigenvalue weighted by Crippen LogP contribution is -2.12. The molecule has 0 radical (unpaired) electrons. The number of hydrogen-bond donors (Lipinski definition) is 2. The number of nitrogens with one attached hydrogen (secondary N) is 1. The fourth-order valence-corrected chi connectivity index (χ4v) is 2.47. The van der Waals surface area contributed by atoms with Gasteiger partial charge in [-0.3, -0.25) is 10.1 Å². The Labute approximate surface area is 132 Å². The van der Waals surface area contributed by atoms with Crippen LogP contribution in [-0.4, -0.2) is 15.6 Å². The van der Waals surface area contributed by atoms with E-state index in [9.17, 15) is 0 Å². The summed E-state index contributed by atoms with van der Waals surface area (Å²) in [6, 6.07) is 5.52. The molecule has 3 N–H and O–H groups in total. The van der Waals surface area contributed by atoms with Crippen LogP contribution in [0.5, 0.6) is 5.75 Å². The van der Waals surface area contributed by atoms with Crippen LogP contribution in [0.2, 0.25) is 0 Å². The molecular weight excluding hydrogens is 332 g/mol. The summed E-state index contributed by atoms with van der Waals surface area (Å²) in [5.41, 5.74) is 9.14. The van der Waals surface area contributed by atoms with E-state index in [-0.39, 0.29) is 5.84 Å². The van der Waals surface area contributed by atoms with Crippen LogP contribution < -0.4 is 10.5 Å². The van der Waals surface area contributed by atoms with Gasteiger partial charge in [0, 0.05) is 12.1 Å². The van der Waals surface area contributed by atoms with E-state index in [1.165, 1.54) is 0 Å². The van der Waals surface area contributed by atoms with Crippen molar-refractivity contribution in [1.82, 2.24) is 9.78 Å². The summed E-state index contributed by atoms with van der Waals surface area (Å²) in [6.07, 6.45) is 0. The topological polar surface area (TPSA) is 76.9 Å². The maximum Gasteiger partial charge on any atom is 0.131 e. The van der Waals surface area contributed by atoms with Gasteiger partial charge in [-0.1, -0.05) is 12.1 Å². The van der Waals surface area contributed by atoms with Gasteiger partial charge in [0.2, 0.25) is 0 Å². The van der Waals surface area contributed by atoms with Crippen molar-refractivity contribution in [3.8, 4) is 5.75 Å². The molecule has 0 saturated heterocycles. The van der Waals surface area contributed by atoms with Gasteiger partial charge >= 0.3 is 0 Å². The Morgan fingerprint density at radius 3 is 2.76 bits per heavy atom. The molecule has 0 bridgehead atoms. The maximum atomic E-state index is 7.50. The van der Waals surface area contributed by atoms with Gasteiger partial charge in [-0.2, -0.15) is 5.10 Å². The summed E-state index contributed by atoms with van der Waals surface area (Å²) in [7, 11) is 0. The van der Waals surface area contributed by atoms with Crippen LogP contribution in [0.25, 0.3) is 0 Å². The van der Waals surface area contributed by atoms with Crippen LogP contribution >= 0.6 is 15.9 Å². The molecule has 1 aromatic heterocycles. The van der Waals surface area contributed by atoms with Crippen molar-refractivity contribution in [2.45, 2.75) is 33.9 Å². The molecule has 0 aliphatic carbocycles. The highest BCUT2D eigenvalue weighted by Gasteiger charge is 2.13. The van der Waals surface area contributed by atoms with E-state index in [0.717, 1.165) is 33.7 Å². The van der Waals surface area contributed by atoms with Gasteiger partial charge in [-0.15, -0.1) is 0 Å². The molecule has 0 aliphatic heterocycles. The first-order chi connectivity index (χ1) is 9.93. The Morgan fingerprint density at radius 1 is 1.43 bits per heavy atom. The number of aryl methyl sites for hydroxylation is 3. The summed E-state index contributed by atoms with van der Waals surface area (Å²) in [5.74, 6) is 0.770. The standard InChI is InChI=1S/C15H19BrN4O/c1-4-20-12(14(16)10(3)19-20)8-21-13-7-11(15(17)18)6-5-9(13)2/h5-7H,4,8H2,1-3H3,(H3,17,18). The van der Waals surface area contributed by atoms with Crippen LogP contribution in [-0.2, 0) is 13.2 Å². The third-order valence-corrected chi connectivity index (χ3v) is 4.35. The Kier molecular flexibility index (Phi) is 4.67. The Bertz CT molecular complexity index is 679. The number of rotatable bonds is 5. The fourth-order valence-electron chi connectivity index (χ4n) is 2.08. The zero-order valence-electron chi connectivity index (χ0n) is 12.4. The van der Waals surface area contributed by atoms with Crippen LogP contribution in [0.4, 0.5) is 0 Å². The monoisotopic (exact) mass is 350 g/mol. The molecule has 1 aromatic carbocycles. The molecule has 0 atom stereocenters. The van der Waals surface area contributed by atoms with Crippen molar-refractivity contribution in [3.63, 3.8) is 0 Å². The molecule has 6 heteroatoms. The summed E-state index contributed by atoms with van der Waals surface area (Å²) in [4.78, 5) is 0. The number of nitrogen functional groups attached to an aromatic ring is 1. The van der Waals surface area contributed by atoms with Crippen molar-refractivity contribution in [1.29, 1.82) is 5.41 Å². The number of amidine groups is 1. The Balaban J connectivity index is 2.24. The zero-order valence-corrected chi connectivity index (χ0v) is 14.0. The van der Waals surface area contributed by atoms with Crippen molar-refractivity contribution in [3.05, 3.63) is 45.2 Å². The van der Waals surface area contributed by atoms with E-state index in [2.05, 4.69) is 21.0 Å². The van der Waals surface area contributed by atoms with Gasteiger partial charge in [0.25, 0.3) is 0 Å². The minimum atomic E-state index is 0.0375. The predicted octanol–water partition coefficient (Wildman–Crippen LogP) is 3.15. The second kappa shape index (κ2) is 6.30. The third-order valence-electron chi connectivity index (χ3n) is 3.32. The summed E-state index contributed by atoms with van der Waals surface area (Å²) in [6.45, 7) is 7.18. The normalized spacial score (nSPS) is 10.7. The molecular formula is C15H19BrN4O. The Morgan fingerprint density at radius 2 is 2.14 bits per heavy atom. The first kappa shape index (κ1) is 15.6. The van der Waals surface area contributed by atoms with Crippen LogP contribution in [0.3, 0.4) is 0 Å². The SMILES string of the molecule is CCn1nc(C)c(Br)c1COc1cc(C(=N)N)ccc1C. The highest BCUT2D eigenvalue weighted by Crippen LogP contribution is 2.25. The lowest BCUT2D eigenvalue weighted by atomic mass is 10.1. The van der Waals surface area contributed by atoms with Gasteiger partial charge in [0.15, 0.2) is 0 Å². The van der Waals surface area contributed by atoms with E-state index in [4.69, 9.17) is 15.9 Å². The number of nitrogens with zero attached hydrogens (tertiary/aromatic N) is 2. The van der Waals surface area contributed by atoms with Gasteiger partial charge in [0.1, 0.15) is 18.2 Å². The second-order valence-electron chi connectivity index (χ2n) is 4.84. The molecule has 112 valence electrons. The first-order valence-corrected chi connectivity index (χ1v) is 7.53. The van der Waals surface area contributed by atoms with Gasteiger partial charge < -0.3 is 10.5 Å². The van der Waals surface area contributed by atoms with Crippen molar-refractivity contribution in [2.24, 2.45) is 5.73 Å². The molecule has 0 amide bonds. The van der Waals surface area contributed by atoms with Crippen molar-refractivity contribution < 1.29 is 4.74 Å². The molecule has 2 aromatic rings. The minimum absolute atomic E-state index is 0.0375. The van der Waals surface area contributed by atoms with Crippen LogP contribution in [0.15, 0.2) is 22.7 Å². The van der Waals surface area contributed by atoms with E-state index >= 15 is 0 Å². The number of hydrogen-bond acceptors (Lipinski definition) is 3. The number of nitrogens with two attached hydrogens (primary N) is 1. The maximum absolute atomic E-state index is 7.50. The van der Waals surface area contributed by atoms with Gasteiger partial charge in [0.05, 0.1) is 15.9 Å². The highest BCUT2D eigenvalue weighted by atomic mass is 79.9. The third kappa shape index (κ3) is 3.26. The molecule has 0 unspecified atom stereocenters. The van der Waals surface area contributed by atoms with Crippen LogP contribution in [0.1, 0.15) is 29.4 Å². The quantitative estimate of drug-likeness (QED) is 0.642. The average Bonchev–Trinajstić information content (AvgIpc) is 2.73. The number of benzene rings is 1. The van der Waals surface area contributed by atoms with E-state index < -0.39 is 0 Å².